The van der Waals surface area contributed by atoms with Crippen molar-refractivity contribution in [2.24, 2.45) is 0 Å². The average molecular weight is 334 g/mol. The molecule has 7 heteroatoms. The molecule has 2 rings (SSSR count). The summed E-state index contributed by atoms with van der Waals surface area (Å²) in [4.78, 5) is 36.4. The molecular formula is C17H22N2O5. The Morgan fingerprint density at radius 3 is 2.75 bits per heavy atom. The van der Waals surface area contributed by atoms with Gasteiger partial charge >= 0.3 is 5.97 Å². The Balaban J connectivity index is 1.92. The third-order valence-corrected chi connectivity index (χ3v) is 3.79. The molecule has 0 aliphatic carbocycles. The van der Waals surface area contributed by atoms with Crippen LogP contribution in [0.2, 0.25) is 0 Å². The number of amides is 2. The van der Waals surface area contributed by atoms with E-state index in [1.165, 1.54) is 0 Å². The van der Waals surface area contributed by atoms with Gasteiger partial charge in [0, 0.05) is 25.9 Å². The predicted octanol–water partition coefficient (Wildman–Crippen LogP) is 1.56. The number of para-hydroxylation sites is 2. The van der Waals surface area contributed by atoms with E-state index in [4.69, 9.17) is 9.84 Å². The van der Waals surface area contributed by atoms with E-state index in [-0.39, 0.29) is 31.2 Å². The summed E-state index contributed by atoms with van der Waals surface area (Å²) >= 11 is 0. The highest BCUT2D eigenvalue weighted by atomic mass is 16.5. The van der Waals surface area contributed by atoms with Crippen LogP contribution in [0, 0.1) is 0 Å². The molecule has 130 valence electrons. The van der Waals surface area contributed by atoms with Crippen molar-refractivity contribution in [3.8, 4) is 5.75 Å². The fraction of sp³-hybridized carbons (Fsp3) is 0.471. The smallest absolute Gasteiger partial charge is 0.303 e. The number of benzene rings is 1. The van der Waals surface area contributed by atoms with Gasteiger partial charge in [-0.05, 0) is 25.0 Å². The molecule has 7 nitrogen and oxygen atoms in total. The molecule has 0 bridgehead atoms. The number of aliphatic carboxylic acids is 1. The summed E-state index contributed by atoms with van der Waals surface area (Å²) in [6.07, 6.45) is 0.597. The first-order valence-corrected chi connectivity index (χ1v) is 8.08. The Kier molecular flexibility index (Phi) is 6.17. The van der Waals surface area contributed by atoms with E-state index in [2.05, 4.69) is 5.32 Å². The highest BCUT2D eigenvalue weighted by molar-refractivity contribution is 6.00. The molecule has 1 aromatic carbocycles. The second-order valence-electron chi connectivity index (χ2n) is 5.57. The minimum absolute atomic E-state index is 0.0216. The van der Waals surface area contributed by atoms with Gasteiger partial charge in [-0.15, -0.1) is 0 Å². The molecule has 0 saturated heterocycles. The normalized spacial score (nSPS) is 16.3. The lowest BCUT2D eigenvalue weighted by Crippen LogP contribution is -2.46. The SMILES string of the molecule is CCC1Oc2ccccc2N(CCC(=O)NCCCC(=O)O)C1=O. The molecule has 1 aliphatic rings. The number of nitrogens with zero attached hydrogens (tertiary/aromatic N) is 1. The summed E-state index contributed by atoms with van der Waals surface area (Å²) in [5.74, 6) is -0.587. The van der Waals surface area contributed by atoms with Gasteiger partial charge in [-0.25, -0.2) is 0 Å². The molecule has 1 heterocycles. The van der Waals surface area contributed by atoms with Crippen molar-refractivity contribution in [3.63, 3.8) is 0 Å². The molecule has 2 N–H and O–H groups in total. The van der Waals surface area contributed by atoms with Gasteiger partial charge in [0.2, 0.25) is 5.91 Å². The number of carbonyl (C=O) groups is 3. The van der Waals surface area contributed by atoms with Gasteiger partial charge < -0.3 is 20.1 Å². The number of anilines is 1. The van der Waals surface area contributed by atoms with Crippen molar-refractivity contribution >= 4 is 23.5 Å². The molecule has 2 amide bonds. The first-order valence-electron chi connectivity index (χ1n) is 8.08. The van der Waals surface area contributed by atoms with Crippen molar-refractivity contribution < 1.29 is 24.2 Å². The fourth-order valence-electron chi connectivity index (χ4n) is 2.53. The summed E-state index contributed by atoms with van der Waals surface area (Å²) in [6, 6.07) is 7.27. The number of hydrogen-bond donors (Lipinski definition) is 2. The minimum Gasteiger partial charge on any atom is -0.481 e. The summed E-state index contributed by atoms with van der Waals surface area (Å²) in [6.45, 7) is 2.46. The summed E-state index contributed by atoms with van der Waals surface area (Å²) in [5, 5.41) is 11.2. The number of hydrogen-bond acceptors (Lipinski definition) is 4. The Morgan fingerprint density at radius 1 is 1.29 bits per heavy atom. The first-order chi connectivity index (χ1) is 11.5. The Labute approximate surface area is 140 Å². The molecule has 0 fully saturated rings. The summed E-state index contributed by atoms with van der Waals surface area (Å²) < 4.78 is 5.68. The lowest BCUT2D eigenvalue weighted by molar-refractivity contribution is -0.137. The van der Waals surface area contributed by atoms with Crippen LogP contribution in [0.15, 0.2) is 24.3 Å². The maximum Gasteiger partial charge on any atom is 0.303 e. The monoisotopic (exact) mass is 334 g/mol. The number of ether oxygens (including phenoxy) is 1. The van der Waals surface area contributed by atoms with Crippen molar-refractivity contribution in [2.75, 3.05) is 18.0 Å². The van der Waals surface area contributed by atoms with Crippen LogP contribution in [0.1, 0.15) is 32.6 Å². The lowest BCUT2D eigenvalue weighted by atomic mass is 10.1. The third kappa shape index (κ3) is 4.47. The van der Waals surface area contributed by atoms with Crippen LogP contribution in [0.4, 0.5) is 5.69 Å². The van der Waals surface area contributed by atoms with Crippen molar-refractivity contribution in [1.29, 1.82) is 0 Å². The zero-order chi connectivity index (χ0) is 17.5. The zero-order valence-corrected chi connectivity index (χ0v) is 13.7. The molecule has 1 unspecified atom stereocenters. The van der Waals surface area contributed by atoms with Gasteiger partial charge in [-0.3, -0.25) is 14.4 Å². The van der Waals surface area contributed by atoms with Crippen LogP contribution < -0.4 is 15.0 Å². The summed E-state index contributed by atoms with van der Waals surface area (Å²) in [5.41, 5.74) is 0.672. The highest BCUT2D eigenvalue weighted by Crippen LogP contribution is 2.34. The molecule has 0 spiro atoms. The van der Waals surface area contributed by atoms with Gasteiger partial charge in [0.1, 0.15) is 5.75 Å². The van der Waals surface area contributed by atoms with Crippen LogP contribution in [0.25, 0.3) is 0 Å². The first kappa shape index (κ1) is 17.8. The molecule has 0 saturated carbocycles. The van der Waals surface area contributed by atoms with Gasteiger partial charge in [0.05, 0.1) is 5.69 Å². The highest BCUT2D eigenvalue weighted by Gasteiger charge is 2.32. The zero-order valence-electron chi connectivity index (χ0n) is 13.7. The number of carboxylic acid groups (broad SMARTS) is 1. The van der Waals surface area contributed by atoms with Crippen LogP contribution >= 0.6 is 0 Å². The van der Waals surface area contributed by atoms with Crippen LogP contribution in [-0.2, 0) is 14.4 Å². The van der Waals surface area contributed by atoms with Crippen molar-refractivity contribution in [3.05, 3.63) is 24.3 Å². The maximum atomic E-state index is 12.5. The molecule has 24 heavy (non-hydrogen) atoms. The molecule has 0 aromatic heterocycles. The largest absolute Gasteiger partial charge is 0.481 e. The third-order valence-electron chi connectivity index (χ3n) is 3.79. The minimum atomic E-state index is -0.884. The van der Waals surface area contributed by atoms with Crippen LogP contribution in [-0.4, -0.2) is 42.1 Å². The van der Waals surface area contributed by atoms with Gasteiger partial charge in [0.15, 0.2) is 6.10 Å². The number of carbonyl (C=O) groups excluding carboxylic acids is 2. The van der Waals surface area contributed by atoms with E-state index in [9.17, 15) is 14.4 Å². The van der Waals surface area contributed by atoms with E-state index >= 15 is 0 Å². The average Bonchev–Trinajstić information content (AvgIpc) is 2.57. The van der Waals surface area contributed by atoms with Crippen LogP contribution in [0.3, 0.4) is 0 Å². The lowest BCUT2D eigenvalue weighted by Gasteiger charge is -2.33. The van der Waals surface area contributed by atoms with E-state index in [0.717, 1.165) is 0 Å². The number of carboxylic acids is 1. The Bertz CT molecular complexity index is 617. The molecular weight excluding hydrogens is 312 g/mol. The van der Waals surface area contributed by atoms with Gasteiger partial charge in [0.25, 0.3) is 5.91 Å². The quantitative estimate of drug-likeness (QED) is 0.703. The van der Waals surface area contributed by atoms with E-state index in [0.29, 0.717) is 30.8 Å². The van der Waals surface area contributed by atoms with E-state index < -0.39 is 12.1 Å². The second-order valence-corrected chi connectivity index (χ2v) is 5.57. The summed E-state index contributed by atoms with van der Waals surface area (Å²) in [7, 11) is 0. The number of nitrogens with one attached hydrogen (secondary N) is 1. The molecule has 1 aliphatic heterocycles. The van der Waals surface area contributed by atoms with Crippen LogP contribution in [0.5, 0.6) is 5.75 Å². The standard InChI is InChI=1S/C17H22N2O5/c1-2-13-17(23)19(12-6-3-4-7-14(12)24-13)11-9-15(20)18-10-5-8-16(21)22/h3-4,6-7,13H,2,5,8-11H2,1H3,(H,18,20)(H,21,22). The Hall–Kier alpha value is -2.57. The number of fused-ring (bicyclic) bond motifs is 1. The molecule has 1 aromatic rings. The van der Waals surface area contributed by atoms with Crippen molar-refractivity contribution in [1.82, 2.24) is 5.32 Å². The van der Waals surface area contributed by atoms with Gasteiger partial charge in [-0.1, -0.05) is 19.1 Å². The van der Waals surface area contributed by atoms with Crippen molar-refractivity contribution in [2.45, 2.75) is 38.7 Å². The molecule has 1 atom stereocenters. The number of rotatable bonds is 8. The Morgan fingerprint density at radius 2 is 2.04 bits per heavy atom. The fourth-order valence-corrected chi connectivity index (χ4v) is 2.53. The van der Waals surface area contributed by atoms with Gasteiger partial charge in [-0.2, -0.15) is 0 Å². The predicted molar refractivity (Wildman–Crippen MR) is 88.0 cm³/mol. The topological polar surface area (TPSA) is 95.9 Å². The maximum absolute atomic E-state index is 12.5. The molecule has 0 radical (unpaired) electrons. The second kappa shape index (κ2) is 8.33. The van der Waals surface area contributed by atoms with E-state index in [1.54, 1.807) is 11.0 Å². The van der Waals surface area contributed by atoms with E-state index in [1.807, 2.05) is 25.1 Å².